The summed E-state index contributed by atoms with van der Waals surface area (Å²) in [5.74, 6) is -0.200. The van der Waals surface area contributed by atoms with Gasteiger partial charge in [0.25, 0.3) is 0 Å². The third kappa shape index (κ3) is 3.60. The molecule has 2 aromatic rings. The second kappa shape index (κ2) is 6.93. The van der Waals surface area contributed by atoms with Crippen molar-refractivity contribution in [2.24, 2.45) is 0 Å². The molecule has 5 nitrogen and oxygen atoms in total. The first kappa shape index (κ1) is 15.7. The Morgan fingerprint density at radius 3 is 2.74 bits per heavy atom. The molecule has 6 heteroatoms. The van der Waals surface area contributed by atoms with Crippen molar-refractivity contribution >= 4 is 23.3 Å². The van der Waals surface area contributed by atoms with Crippen molar-refractivity contribution in [2.45, 2.75) is 13.0 Å². The molecule has 1 atom stereocenters. The highest BCUT2D eigenvalue weighted by atomic mass is 32.1. The fourth-order valence-corrected chi connectivity index (χ4v) is 3.42. The van der Waals surface area contributed by atoms with E-state index in [2.05, 4.69) is 41.0 Å². The largest absolute Gasteiger partial charge is 0.336 e. The predicted octanol–water partition coefficient (Wildman–Crippen LogP) is 2.29. The molecule has 1 aliphatic heterocycles. The van der Waals surface area contributed by atoms with E-state index in [0.717, 1.165) is 10.4 Å². The summed E-state index contributed by atoms with van der Waals surface area (Å²) < 4.78 is 0. The quantitative estimate of drug-likeness (QED) is 0.885. The minimum absolute atomic E-state index is 0.0507. The van der Waals surface area contributed by atoms with Crippen LogP contribution in [0, 0.1) is 6.92 Å². The summed E-state index contributed by atoms with van der Waals surface area (Å²) in [6.07, 6.45) is 0. The SMILES string of the molecule is Cc1ccc([C@@H](NCC(=O)N2CCNC2=O)c2cccs2)cc1. The van der Waals surface area contributed by atoms with E-state index in [1.54, 1.807) is 11.3 Å². The van der Waals surface area contributed by atoms with Gasteiger partial charge in [-0.15, -0.1) is 11.3 Å². The van der Waals surface area contributed by atoms with Crippen LogP contribution in [0.1, 0.15) is 22.0 Å². The minimum Gasteiger partial charge on any atom is -0.336 e. The molecule has 1 aromatic heterocycles. The van der Waals surface area contributed by atoms with E-state index in [-0.39, 0.29) is 24.5 Å². The lowest BCUT2D eigenvalue weighted by molar-refractivity contribution is -0.126. The van der Waals surface area contributed by atoms with E-state index in [9.17, 15) is 9.59 Å². The van der Waals surface area contributed by atoms with Crippen molar-refractivity contribution < 1.29 is 9.59 Å². The van der Waals surface area contributed by atoms with Crippen molar-refractivity contribution in [3.8, 4) is 0 Å². The Bertz CT molecular complexity index is 682. The lowest BCUT2D eigenvalue weighted by atomic mass is 10.0. The van der Waals surface area contributed by atoms with E-state index in [4.69, 9.17) is 0 Å². The van der Waals surface area contributed by atoms with Gasteiger partial charge in [0.05, 0.1) is 12.6 Å². The molecule has 0 bridgehead atoms. The van der Waals surface area contributed by atoms with Crippen LogP contribution in [0.4, 0.5) is 4.79 Å². The number of thiophene rings is 1. The number of benzene rings is 1. The second-order valence-electron chi connectivity index (χ2n) is 5.52. The number of nitrogens with one attached hydrogen (secondary N) is 2. The number of carbonyl (C=O) groups excluding carboxylic acids is 2. The monoisotopic (exact) mass is 329 g/mol. The van der Waals surface area contributed by atoms with Gasteiger partial charge in [-0.2, -0.15) is 0 Å². The summed E-state index contributed by atoms with van der Waals surface area (Å²) in [7, 11) is 0. The zero-order valence-electron chi connectivity index (χ0n) is 12.9. The number of nitrogens with zero attached hydrogens (tertiary/aromatic N) is 1. The Kier molecular flexibility index (Phi) is 4.73. The number of urea groups is 1. The molecule has 120 valence electrons. The van der Waals surface area contributed by atoms with Gasteiger partial charge < -0.3 is 5.32 Å². The Hall–Kier alpha value is -2.18. The number of carbonyl (C=O) groups is 2. The molecule has 23 heavy (non-hydrogen) atoms. The molecule has 0 saturated carbocycles. The highest BCUT2D eigenvalue weighted by Crippen LogP contribution is 2.26. The van der Waals surface area contributed by atoms with Crippen LogP contribution >= 0.6 is 11.3 Å². The summed E-state index contributed by atoms with van der Waals surface area (Å²) in [6.45, 7) is 3.14. The summed E-state index contributed by atoms with van der Waals surface area (Å²) in [5, 5.41) is 7.96. The van der Waals surface area contributed by atoms with Crippen LogP contribution in [0.15, 0.2) is 41.8 Å². The first-order chi connectivity index (χ1) is 11.1. The lowest BCUT2D eigenvalue weighted by Crippen LogP contribution is -2.41. The van der Waals surface area contributed by atoms with Crippen LogP contribution in [0.2, 0.25) is 0 Å². The molecule has 0 aliphatic carbocycles. The average molecular weight is 329 g/mol. The molecule has 0 unspecified atom stereocenters. The highest BCUT2D eigenvalue weighted by Gasteiger charge is 2.26. The van der Waals surface area contributed by atoms with Crippen molar-refractivity contribution in [3.05, 3.63) is 57.8 Å². The van der Waals surface area contributed by atoms with Gasteiger partial charge in [-0.3, -0.25) is 15.0 Å². The van der Waals surface area contributed by atoms with Crippen LogP contribution in [0.5, 0.6) is 0 Å². The Morgan fingerprint density at radius 2 is 2.13 bits per heavy atom. The topological polar surface area (TPSA) is 61.4 Å². The highest BCUT2D eigenvalue weighted by molar-refractivity contribution is 7.10. The summed E-state index contributed by atoms with van der Waals surface area (Å²) in [4.78, 5) is 26.2. The third-order valence-corrected chi connectivity index (χ3v) is 4.79. The molecule has 2 heterocycles. The lowest BCUT2D eigenvalue weighted by Gasteiger charge is -2.20. The summed E-state index contributed by atoms with van der Waals surface area (Å²) >= 11 is 1.65. The number of rotatable bonds is 5. The zero-order valence-corrected chi connectivity index (χ0v) is 13.7. The predicted molar refractivity (Wildman–Crippen MR) is 90.5 cm³/mol. The molecular formula is C17H19N3O2S. The van der Waals surface area contributed by atoms with E-state index in [1.807, 2.05) is 18.4 Å². The first-order valence-corrected chi connectivity index (χ1v) is 8.44. The van der Waals surface area contributed by atoms with Crippen molar-refractivity contribution in [3.63, 3.8) is 0 Å². The van der Waals surface area contributed by atoms with Crippen LogP contribution in [0.25, 0.3) is 0 Å². The van der Waals surface area contributed by atoms with E-state index >= 15 is 0 Å². The maximum absolute atomic E-state index is 12.2. The fraction of sp³-hybridized carbons (Fsp3) is 0.294. The van der Waals surface area contributed by atoms with Crippen LogP contribution < -0.4 is 10.6 Å². The van der Waals surface area contributed by atoms with Crippen LogP contribution in [-0.2, 0) is 4.79 Å². The summed E-state index contributed by atoms with van der Waals surface area (Å²) in [5.41, 5.74) is 2.31. The number of imide groups is 1. The molecular weight excluding hydrogens is 310 g/mol. The molecule has 1 saturated heterocycles. The van der Waals surface area contributed by atoms with Gasteiger partial charge in [-0.05, 0) is 23.9 Å². The average Bonchev–Trinajstić information content (AvgIpc) is 3.20. The molecule has 3 rings (SSSR count). The number of aryl methyl sites for hydroxylation is 1. The van der Waals surface area contributed by atoms with Gasteiger partial charge >= 0.3 is 6.03 Å². The van der Waals surface area contributed by atoms with Crippen molar-refractivity contribution in [2.75, 3.05) is 19.6 Å². The van der Waals surface area contributed by atoms with E-state index in [0.29, 0.717) is 13.1 Å². The fourth-order valence-electron chi connectivity index (χ4n) is 2.59. The molecule has 3 amide bonds. The maximum Gasteiger partial charge on any atom is 0.324 e. The zero-order chi connectivity index (χ0) is 16.2. The van der Waals surface area contributed by atoms with E-state index < -0.39 is 0 Å². The van der Waals surface area contributed by atoms with Crippen molar-refractivity contribution in [1.82, 2.24) is 15.5 Å². The minimum atomic E-state index is -0.306. The Morgan fingerprint density at radius 1 is 1.35 bits per heavy atom. The number of hydrogen-bond donors (Lipinski definition) is 2. The first-order valence-electron chi connectivity index (χ1n) is 7.56. The third-order valence-electron chi connectivity index (χ3n) is 3.85. The second-order valence-corrected chi connectivity index (χ2v) is 6.50. The maximum atomic E-state index is 12.2. The number of hydrogen-bond acceptors (Lipinski definition) is 4. The molecule has 1 aromatic carbocycles. The van der Waals surface area contributed by atoms with Gasteiger partial charge in [0.1, 0.15) is 0 Å². The Balaban J connectivity index is 1.73. The van der Waals surface area contributed by atoms with Gasteiger partial charge in [-0.1, -0.05) is 35.9 Å². The molecule has 0 radical (unpaired) electrons. The van der Waals surface area contributed by atoms with Crippen LogP contribution in [-0.4, -0.2) is 36.5 Å². The number of amides is 3. The summed E-state index contributed by atoms with van der Waals surface area (Å²) in [6, 6.07) is 12.0. The van der Waals surface area contributed by atoms with Crippen LogP contribution in [0.3, 0.4) is 0 Å². The van der Waals surface area contributed by atoms with Gasteiger partial charge in [-0.25, -0.2) is 4.79 Å². The molecule has 2 N–H and O–H groups in total. The molecule has 1 fully saturated rings. The van der Waals surface area contributed by atoms with Crippen molar-refractivity contribution in [1.29, 1.82) is 0 Å². The standard InChI is InChI=1S/C17H19N3O2S/c1-12-4-6-13(7-5-12)16(14-3-2-10-23-14)19-11-15(21)20-9-8-18-17(20)22/h2-7,10,16,19H,8-9,11H2,1H3,(H,18,22)/t16-/m1/s1. The molecule has 1 aliphatic rings. The normalized spacial score (nSPS) is 15.5. The van der Waals surface area contributed by atoms with Gasteiger partial charge in [0, 0.05) is 18.0 Å². The van der Waals surface area contributed by atoms with Gasteiger partial charge in [0.15, 0.2) is 0 Å². The van der Waals surface area contributed by atoms with E-state index in [1.165, 1.54) is 10.5 Å². The van der Waals surface area contributed by atoms with Gasteiger partial charge in [0.2, 0.25) is 5.91 Å². The molecule has 0 spiro atoms. The Labute approximate surface area is 139 Å². The smallest absolute Gasteiger partial charge is 0.324 e.